The number of hydrogen-bond donors (Lipinski definition) is 1. The Balaban J connectivity index is 1.90. The average molecular weight is 273 g/mol. The summed E-state index contributed by atoms with van der Waals surface area (Å²) in [5, 5.41) is 6.91. The largest absolute Gasteiger partial charge is 0.368 e. The molecule has 106 valence electrons. The highest BCUT2D eigenvalue weighted by Gasteiger charge is 2.16. The predicted molar refractivity (Wildman–Crippen MR) is 78.3 cm³/mol. The van der Waals surface area contributed by atoms with Gasteiger partial charge in [0.05, 0.1) is 29.2 Å². The Bertz CT molecular complexity index is 628. The third-order valence-electron chi connectivity index (χ3n) is 3.84. The molecule has 6 heteroatoms. The lowest BCUT2D eigenvalue weighted by Gasteiger charge is -2.33. The Hall–Kier alpha value is -2.08. The van der Waals surface area contributed by atoms with Gasteiger partial charge in [-0.1, -0.05) is 0 Å². The van der Waals surface area contributed by atoms with E-state index in [0.717, 1.165) is 37.4 Å². The fourth-order valence-corrected chi connectivity index (χ4v) is 2.53. The number of hydrogen-bond acceptors (Lipinski definition) is 4. The number of fused-ring (bicyclic) bond motifs is 1. The number of carbonyl (C=O) groups is 1. The van der Waals surface area contributed by atoms with Gasteiger partial charge in [0.1, 0.15) is 0 Å². The zero-order valence-corrected chi connectivity index (χ0v) is 11.8. The van der Waals surface area contributed by atoms with Crippen LogP contribution in [0.4, 0.5) is 5.69 Å². The number of amides is 1. The van der Waals surface area contributed by atoms with Crippen LogP contribution in [0.2, 0.25) is 0 Å². The molecule has 20 heavy (non-hydrogen) atoms. The molecule has 1 amide bonds. The topological polar surface area (TPSA) is 52.9 Å². The molecule has 1 aliphatic rings. The minimum atomic E-state index is -0.104. The molecule has 0 saturated carbocycles. The lowest BCUT2D eigenvalue weighted by molar-refractivity contribution is 0.0964. The number of nitrogens with one attached hydrogen (secondary N) is 1. The van der Waals surface area contributed by atoms with Crippen LogP contribution in [0.15, 0.2) is 24.5 Å². The number of rotatable bonds is 2. The van der Waals surface area contributed by atoms with Gasteiger partial charge in [0.2, 0.25) is 0 Å². The van der Waals surface area contributed by atoms with E-state index in [9.17, 15) is 4.79 Å². The van der Waals surface area contributed by atoms with Crippen LogP contribution in [-0.2, 0) is 0 Å². The Labute approximate surface area is 118 Å². The summed E-state index contributed by atoms with van der Waals surface area (Å²) >= 11 is 0. The minimum absolute atomic E-state index is 0.104. The van der Waals surface area contributed by atoms with Crippen LogP contribution >= 0.6 is 0 Å². The summed E-state index contributed by atoms with van der Waals surface area (Å²) in [6.45, 7) is 4.18. The van der Waals surface area contributed by atoms with Crippen molar-refractivity contribution in [2.75, 3.05) is 45.2 Å². The SMILES string of the molecule is CNC(=O)c1cnn2cc(N3CCN(C)CC3)ccc12. The van der Waals surface area contributed by atoms with Crippen molar-refractivity contribution in [3.63, 3.8) is 0 Å². The van der Waals surface area contributed by atoms with Crippen LogP contribution in [0, 0.1) is 0 Å². The highest BCUT2D eigenvalue weighted by Crippen LogP contribution is 2.19. The zero-order valence-electron chi connectivity index (χ0n) is 11.8. The van der Waals surface area contributed by atoms with E-state index in [2.05, 4.69) is 33.3 Å². The van der Waals surface area contributed by atoms with Gasteiger partial charge in [-0.3, -0.25) is 4.79 Å². The molecule has 1 aliphatic heterocycles. The van der Waals surface area contributed by atoms with Gasteiger partial charge in [-0.2, -0.15) is 5.10 Å². The molecular formula is C14H19N5O. The Morgan fingerprint density at radius 3 is 2.70 bits per heavy atom. The summed E-state index contributed by atoms with van der Waals surface area (Å²) < 4.78 is 1.78. The number of anilines is 1. The fraction of sp³-hybridized carbons (Fsp3) is 0.429. The molecule has 0 unspecified atom stereocenters. The first kappa shape index (κ1) is 12.9. The van der Waals surface area contributed by atoms with E-state index in [1.54, 1.807) is 17.8 Å². The van der Waals surface area contributed by atoms with Crippen LogP contribution in [0.1, 0.15) is 10.4 Å². The third-order valence-corrected chi connectivity index (χ3v) is 3.84. The van der Waals surface area contributed by atoms with Gasteiger partial charge in [-0.25, -0.2) is 4.52 Å². The maximum absolute atomic E-state index is 11.7. The standard InChI is InChI=1S/C14H19N5O/c1-15-14(20)12-9-16-19-10-11(3-4-13(12)19)18-7-5-17(2)6-8-18/h3-4,9-10H,5-8H2,1-2H3,(H,15,20). The predicted octanol–water partition coefficient (Wildman–Crippen LogP) is 0.446. The highest BCUT2D eigenvalue weighted by molar-refractivity contribution is 6.00. The van der Waals surface area contributed by atoms with E-state index in [4.69, 9.17) is 0 Å². The van der Waals surface area contributed by atoms with Crippen LogP contribution in [-0.4, -0.2) is 60.7 Å². The molecule has 0 spiro atoms. The Morgan fingerprint density at radius 2 is 2.00 bits per heavy atom. The van der Waals surface area contributed by atoms with E-state index in [1.165, 1.54) is 0 Å². The quantitative estimate of drug-likeness (QED) is 0.863. The molecule has 0 bridgehead atoms. The van der Waals surface area contributed by atoms with Crippen molar-refractivity contribution < 1.29 is 4.79 Å². The molecule has 1 saturated heterocycles. The first-order valence-electron chi connectivity index (χ1n) is 6.82. The summed E-state index contributed by atoms with van der Waals surface area (Å²) in [4.78, 5) is 16.4. The second-order valence-corrected chi connectivity index (χ2v) is 5.14. The molecule has 1 N–H and O–H groups in total. The van der Waals surface area contributed by atoms with Crippen molar-refractivity contribution in [3.05, 3.63) is 30.1 Å². The maximum atomic E-state index is 11.7. The van der Waals surface area contributed by atoms with Crippen molar-refractivity contribution in [2.45, 2.75) is 0 Å². The van der Waals surface area contributed by atoms with Gasteiger partial charge in [0, 0.05) is 33.2 Å². The van der Waals surface area contributed by atoms with E-state index >= 15 is 0 Å². The zero-order chi connectivity index (χ0) is 14.1. The molecule has 2 aromatic rings. The maximum Gasteiger partial charge on any atom is 0.254 e. The molecule has 3 rings (SSSR count). The van der Waals surface area contributed by atoms with Gasteiger partial charge in [-0.05, 0) is 19.2 Å². The normalized spacial score (nSPS) is 16.6. The average Bonchev–Trinajstić information content (AvgIpc) is 2.90. The Morgan fingerprint density at radius 1 is 1.25 bits per heavy atom. The lowest BCUT2D eigenvalue weighted by atomic mass is 10.2. The number of nitrogens with zero attached hydrogens (tertiary/aromatic N) is 4. The van der Waals surface area contributed by atoms with Gasteiger partial charge >= 0.3 is 0 Å². The minimum Gasteiger partial charge on any atom is -0.368 e. The van der Waals surface area contributed by atoms with Crippen molar-refractivity contribution in [2.24, 2.45) is 0 Å². The molecule has 0 atom stereocenters. The number of aromatic nitrogens is 2. The smallest absolute Gasteiger partial charge is 0.254 e. The van der Waals surface area contributed by atoms with Crippen molar-refractivity contribution in [1.82, 2.24) is 19.8 Å². The summed E-state index contributed by atoms with van der Waals surface area (Å²) in [6.07, 6.45) is 3.61. The first-order chi connectivity index (χ1) is 9.69. The summed E-state index contributed by atoms with van der Waals surface area (Å²) in [5.41, 5.74) is 2.59. The number of piperazine rings is 1. The van der Waals surface area contributed by atoms with Crippen LogP contribution < -0.4 is 10.2 Å². The molecule has 3 heterocycles. The molecular weight excluding hydrogens is 254 g/mol. The second-order valence-electron chi connectivity index (χ2n) is 5.14. The molecule has 2 aromatic heterocycles. The van der Waals surface area contributed by atoms with Crippen LogP contribution in [0.5, 0.6) is 0 Å². The molecule has 0 radical (unpaired) electrons. The van der Waals surface area contributed by atoms with Gasteiger partial charge < -0.3 is 15.1 Å². The van der Waals surface area contributed by atoms with Crippen LogP contribution in [0.25, 0.3) is 5.52 Å². The van der Waals surface area contributed by atoms with Crippen molar-refractivity contribution >= 4 is 17.1 Å². The van der Waals surface area contributed by atoms with Crippen molar-refractivity contribution in [1.29, 1.82) is 0 Å². The van der Waals surface area contributed by atoms with E-state index in [1.807, 2.05) is 12.3 Å². The number of likely N-dealkylation sites (N-methyl/N-ethyl adjacent to an activating group) is 1. The van der Waals surface area contributed by atoms with E-state index in [-0.39, 0.29) is 5.91 Å². The lowest BCUT2D eigenvalue weighted by Crippen LogP contribution is -2.44. The monoisotopic (exact) mass is 273 g/mol. The van der Waals surface area contributed by atoms with Gasteiger partial charge in [0.15, 0.2) is 0 Å². The summed E-state index contributed by atoms with van der Waals surface area (Å²) in [6, 6.07) is 4.03. The highest BCUT2D eigenvalue weighted by atomic mass is 16.1. The first-order valence-corrected chi connectivity index (χ1v) is 6.82. The van der Waals surface area contributed by atoms with Gasteiger partial charge in [0.25, 0.3) is 5.91 Å². The van der Waals surface area contributed by atoms with E-state index in [0.29, 0.717) is 5.56 Å². The Kier molecular flexibility index (Phi) is 3.31. The van der Waals surface area contributed by atoms with Crippen LogP contribution in [0.3, 0.4) is 0 Å². The number of carbonyl (C=O) groups excluding carboxylic acids is 1. The molecule has 0 aromatic carbocycles. The molecule has 6 nitrogen and oxygen atoms in total. The third kappa shape index (κ3) is 2.22. The fourth-order valence-electron chi connectivity index (χ4n) is 2.53. The number of pyridine rings is 1. The van der Waals surface area contributed by atoms with Crippen molar-refractivity contribution in [3.8, 4) is 0 Å². The summed E-state index contributed by atoms with van der Waals surface area (Å²) in [5.74, 6) is -0.104. The van der Waals surface area contributed by atoms with E-state index < -0.39 is 0 Å². The summed E-state index contributed by atoms with van der Waals surface area (Å²) in [7, 11) is 3.77. The molecule has 1 fully saturated rings. The van der Waals surface area contributed by atoms with Gasteiger partial charge in [-0.15, -0.1) is 0 Å². The second kappa shape index (κ2) is 5.13. The molecule has 0 aliphatic carbocycles.